The molecule has 2 heterocycles. The number of rotatable bonds is 4. The third kappa shape index (κ3) is 2.51. The van der Waals surface area contributed by atoms with Crippen LogP contribution in [0.15, 0.2) is 40.1 Å². The van der Waals surface area contributed by atoms with Crippen molar-refractivity contribution in [3.8, 4) is 5.69 Å². The van der Waals surface area contributed by atoms with Gasteiger partial charge < -0.3 is 0 Å². The number of nitrogens with zero attached hydrogens (tertiary/aromatic N) is 3. The van der Waals surface area contributed by atoms with Crippen LogP contribution in [0.5, 0.6) is 0 Å². The second-order valence-electron chi connectivity index (χ2n) is 4.99. The Hall–Kier alpha value is -1.51. The highest BCUT2D eigenvalue weighted by Gasteiger charge is 2.32. The highest BCUT2D eigenvalue weighted by molar-refractivity contribution is 9.10. The number of carbonyl (C=O) groups excluding carboxylic acids is 1. The molecule has 1 saturated heterocycles. The molecule has 22 heavy (non-hydrogen) atoms. The van der Waals surface area contributed by atoms with Gasteiger partial charge in [-0.25, -0.2) is 13.4 Å². The molecule has 0 atom stereocenters. The SMILES string of the molecule is O=Cc1c(S(=O)(=O)N2CCCC2)ncn1-c1ccccc1Br. The summed E-state index contributed by atoms with van der Waals surface area (Å²) in [7, 11) is -3.73. The van der Waals surface area contributed by atoms with Gasteiger partial charge in [0, 0.05) is 17.6 Å². The molecule has 8 heteroatoms. The van der Waals surface area contributed by atoms with E-state index in [0.717, 1.165) is 17.3 Å². The van der Waals surface area contributed by atoms with E-state index >= 15 is 0 Å². The molecular weight excluding hydrogens is 370 g/mol. The molecule has 3 rings (SSSR count). The van der Waals surface area contributed by atoms with Gasteiger partial charge in [-0.05, 0) is 40.9 Å². The molecular formula is C14H14BrN3O3S. The first-order valence-corrected chi connectivity index (χ1v) is 9.06. The second kappa shape index (κ2) is 5.94. The van der Waals surface area contributed by atoms with E-state index in [0.29, 0.717) is 25.1 Å². The van der Waals surface area contributed by atoms with Crippen LogP contribution in [0.25, 0.3) is 5.69 Å². The van der Waals surface area contributed by atoms with Crippen LogP contribution in [0, 0.1) is 0 Å². The van der Waals surface area contributed by atoms with Gasteiger partial charge in [0.1, 0.15) is 12.0 Å². The number of aromatic nitrogens is 2. The van der Waals surface area contributed by atoms with Crippen molar-refractivity contribution < 1.29 is 13.2 Å². The van der Waals surface area contributed by atoms with E-state index in [9.17, 15) is 13.2 Å². The fourth-order valence-corrected chi connectivity index (χ4v) is 4.59. The number of carbonyl (C=O) groups is 1. The smallest absolute Gasteiger partial charge is 0.262 e. The molecule has 0 aliphatic carbocycles. The molecule has 1 aliphatic rings. The van der Waals surface area contributed by atoms with E-state index in [1.807, 2.05) is 18.2 Å². The van der Waals surface area contributed by atoms with Gasteiger partial charge in [-0.1, -0.05) is 12.1 Å². The maximum Gasteiger partial charge on any atom is 0.262 e. The molecule has 0 bridgehead atoms. The van der Waals surface area contributed by atoms with Crippen molar-refractivity contribution in [1.29, 1.82) is 0 Å². The van der Waals surface area contributed by atoms with Crippen LogP contribution in [0.1, 0.15) is 23.3 Å². The highest BCUT2D eigenvalue weighted by atomic mass is 79.9. The van der Waals surface area contributed by atoms with Crippen LogP contribution in [-0.4, -0.2) is 41.6 Å². The lowest BCUT2D eigenvalue weighted by atomic mass is 10.3. The maximum absolute atomic E-state index is 12.6. The Kier molecular flexibility index (Phi) is 4.16. The normalized spacial score (nSPS) is 16.0. The van der Waals surface area contributed by atoms with E-state index in [-0.39, 0.29) is 10.7 Å². The van der Waals surface area contributed by atoms with Crippen LogP contribution >= 0.6 is 15.9 Å². The minimum atomic E-state index is -3.73. The lowest BCUT2D eigenvalue weighted by Crippen LogP contribution is -2.29. The molecule has 6 nitrogen and oxygen atoms in total. The third-order valence-corrected chi connectivity index (χ3v) is 6.16. The summed E-state index contributed by atoms with van der Waals surface area (Å²) in [6.07, 6.45) is 3.57. The van der Waals surface area contributed by atoms with Crippen molar-refractivity contribution in [2.24, 2.45) is 0 Å². The Morgan fingerprint density at radius 1 is 1.18 bits per heavy atom. The van der Waals surface area contributed by atoms with Gasteiger partial charge in [0.25, 0.3) is 10.0 Å². The van der Waals surface area contributed by atoms with Crippen molar-refractivity contribution >= 4 is 32.2 Å². The standard InChI is InChI=1S/C14H14BrN3O3S/c15-11-5-1-2-6-12(11)18-10-16-14(13(18)9-19)22(20,21)17-7-3-4-8-17/h1-2,5-6,9-10H,3-4,7-8H2. The predicted molar refractivity (Wildman–Crippen MR) is 84.6 cm³/mol. The Labute approximate surface area is 136 Å². The average Bonchev–Trinajstić information content (AvgIpc) is 3.17. The molecule has 0 spiro atoms. The number of hydrogen-bond acceptors (Lipinski definition) is 4. The Morgan fingerprint density at radius 3 is 2.50 bits per heavy atom. The predicted octanol–water partition coefficient (Wildman–Crippen LogP) is 2.23. The molecule has 1 aliphatic heterocycles. The van der Waals surface area contributed by atoms with Crippen LogP contribution in [0.3, 0.4) is 0 Å². The molecule has 0 radical (unpaired) electrons. The number of para-hydroxylation sites is 1. The Morgan fingerprint density at radius 2 is 1.86 bits per heavy atom. The quantitative estimate of drug-likeness (QED) is 0.758. The number of imidazole rings is 1. The van der Waals surface area contributed by atoms with Gasteiger partial charge in [0.15, 0.2) is 11.3 Å². The second-order valence-corrected chi connectivity index (χ2v) is 7.69. The Bertz CT molecular complexity index is 810. The Balaban J connectivity index is 2.12. The van der Waals surface area contributed by atoms with Gasteiger partial charge in [0.05, 0.1) is 5.69 Å². The summed E-state index contributed by atoms with van der Waals surface area (Å²) < 4.78 is 28.9. The van der Waals surface area contributed by atoms with Crippen molar-refractivity contribution in [1.82, 2.24) is 13.9 Å². The van der Waals surface area contributed by atoms with Crippen molar-refractivity contribution in [3.63, 3.8) is 0 Å². The fraction of sp³-hybridized carbons (Fsp3) is 0.286. The lowest BCUT2D eigenvalue weighted by molar-refractivity contribution is 0.111. The molecule has 0 saturated carbocycles. The first-order valence-electron chi connectivity index (χ1n) is 6.83. The lowest BCUT2D eigenvalue weighted by Gasteiger charge is -2.14. The van der Waals surface area contributed by atoms with Crippen molar-refractivity contribution in [2.45, 2.75) is 17.9 Å². The first-order chi connectivity index (χ1) is 10.6. The van der Waals surface area contributed by atoms with E-state index in [4.69, 9.17) is 0 Å². The number of benzene rings is 1. The zero-order valence-corrected chi connectivity index (χ0v) is 14.0. The van der Waals surface area contributed by atoms with Gasteiger partial charge >= 0.3 is 0 Å². The van der Waals surface area contributed by atoms with Gasteiger partial charge in [-0.2, -0.15) is 4.31 Å². The average molecular weight is 384 g/mol. The number of sulfonamides is 1. The molecule has 0 N–H and O–H groups in total. The zero-order valence-electron chi connectivity index (χ0n) is 11.6. The van der Waals surface area contributed by atoms with Gasteiger partial charge in [-0.15, -0.1) is 0 Å². The van der Waals surface area contributed by atoms with E-state index < -0.39 is 10.0 Å². The summed E-state index contributed by atoms with van der Waals surface area (Å²) >= 11 is 3.40. The van der Waals surface area contributed by atoms with Crippen molar-refractivity contribution in [2.75, 3.05) is 13.1 Å². The summed E-state index contributed by atoms with van der Waals surface area (Å²) in [5, 5.41) is -0.180. The van der Waals surface area contributed by atoms with Crippen molar-refractivity contribution in [3.05, 3.63) is 40.8 Å². The monoisotopic (exact) mass is 383 g/mol. The number of hydrogen-bond donors (Lipinski definition) is 0. The summed E-state index contributed by atoms with van der Waals surface area (Å²) in [5.41, 5.74) is 0.707. The van der Waals surface area contributed by atoms with E-state index in [1.165, 1.54) is 15.2 Å². The van der Waals surface area contributed by atoms with Crippen LogP contribution in [0.4, 0.5) is 0 Å². The summed E-state index contributed by atoms with van der Waals surface area (Å²) in [6.45, 7) is 0.949. The molecule has 1 fully saturated rings. The summed E-state index contributed by atoms with van der Waals surface area (Å²) in [5.74, 6) is 0. The van der Waals surface area contributed by atoms with Crippen LogP contribution < -0.4 is 0 Å². The van der Waals surface area contributed by atoms with Gasteiger partial charge in [0.2, 0.25) is 0 Å². The van der Waals surface area contributed by atoms with Crippen LogP contribution in [0.2, 0.25) is 0 Å². The molecule has 0 amide bonds. The largest absolute Gasteiger partial charge is 0.296 e. The molecule has 1 aromatic carbocycles. The number of aldehydes is 1. The molecule has 116 valence electrons. The van der Waals surface area contributed by atoms with Gasteiger partial charge in [-0.3, -0.25) is 9.36 Å². The first kappa shape index (κ1) is 15.4. The summed E-state index contributed by atoms with van der Waals surface area (Å²) in [6, 6.07) is 7.25. The van der Waals surface area contributed by atoms with Crippen LogP contribution in [-0.2, 0) is 10.0 Å². The minimum absolute atomic E-state index is 0.0406. The van der Waals surface area contributed by atoms with E-state index in [1.54, 1.807) is 6.07 Å². The number of halogens is 1. The summed E-state index contributed by atoms with van der Waals surface area (Å²) in [4.78, 5) is 15.5. The minimum Gasteiger partial charge on any atom is -0.296 e. The highest BCUT2D eigenvalue weighted by Crippen LogP contribution is 2.26. The molecule has 2 aromatic rings. The molecule has 0 unspecified atom stereocenters. The zero-order chi connectivity index (χ0) is 15.7. The van der Waals surface area contributed by atoms with E-state index in [2.05, 4.69) is 20.9 Å². The topological polar surface area (TPSA) is 72.3 Å². The fourth-order valence-electron chi connectivity index (χ4n) is 2.54. The maximum atomic E-state index is 12.6. The third-order valence-electron chi connectivity index (χ3n) is 3.64. The molecule has 1 aromatic heterocycles.